The lowest BCUT2D eigenvalue weighted by Crippen LogP contribution is -2.41. The minimum absolute atomic E-state index is 0.0102. The smallest absolute Gasteiger partial charge is 0.326 e. The van der Waals surface area contributed by atoms with E-state index in [2.05, 4.69) is 16.0 Å². The summed E-state index contributed by atoms with van der Waals surface area (Å²) in [4.78, 5) is 73.3. The highest BCUT2D eigenvalue weighted by atomic mass is 16.6. The second-order valence-corrected chi connectivity index (χ2v) is 15.5. The maximum absolute atomic E-state index is 12.9. The second kappa shape index (κ2) is 46.9. The van der Waals surface area contributed by atoms with Crippen LogP contribution in [0.2, 0.25) is 0 Å². The van der Waals surface area contributed by atoms with Crippen LogP contribution in [-0.2, 0) is 66.7 Å². The first kappa shape index (κ1) is 62.8. The van der Waals surface area contributed by atoms with E-state index in [1.807, 2.05) is 0 Å². The van der Waals surface area contributed by atoms with Crippen LogP contribution in [0.15, 0.2) is 0 Å². The summed E-state index contributed by atoms with van der Waals surface area (Å²) in [7, 11) is 0. The number of carboxylic acids is 1. The predicted molar refractivity (Wildman–Crippen MR) is 247 cm³/mol. The van der Waals surface area contributed by atoms with Crippen LogP contribution in [0.1, 0.15) is 103 Å². The number of amides is 3. The first-order valence-corrected chi connectivity index (χ1v) is 23.9. The molecule has 0 aromatic carbocycles. The first-order chi connectivity index (χ1) is 32.1. The summed E-state index contributed by atoms with van der Waals surface area (Å²) in [6, 6.07) is -1.41. The molecule has 0 rings (SSSR count). The molecule has 0 saturated heterocycles. The molecule has 3 atom stereocenters. The molecule has 0 saturated carbocycles. The number of carbonyl (C=O) groups excluding carboxylic acids is 5. The molecule has 0 radical (unpaired) electrons. The molecule has 21 nitrogen and oxygen atoms in total. The normalized spacial score (nSPS) is 12.7. The third-order valence-corrected chi connectivity index (χ3v) is 9.91. The quantitative estimate of drug-likeness (QED) is 0.0415. The van der Waals surface area contributed by atoms with Crippen LogP contribution in [0.4, 0.5) is 0 Å². The van der Waals surface area contributed by atoms with Gasteiger partial charge in [0.25, 0.3) is 0 Å². The zero-order valence-electron chi connectivity index (χ0n) is 39.9. The van der Waals surface area contributed by atoms with E-state index in [0.717, 1.165) is 25.7 Å². The van der Waals surface area contributed by atoms with Crippen molar-refractivity contribution in [2.75, 3.05) is 132 Å². The SMILES string of the molecule is CCC(=O)NC(CCCCN)C(=O)CCCOCCOCCOCCOCCC(=O)CC(CCCCN)C(=O)NCCOCCOCCOCCOCCC(=O)NC(CCCCN)C(=O)O. The average Bonchev–Trinajstić information content (AvgIpc) is 3.30. The van der Waals surface area contributed by atoms with Crippen molar-refractivity contribution in [1.29, 1.82) is 0 Å². The third kappa shape index (κ3) is 39.9. The zero-order chi connectivity index (χ0) is 48.7. The van der Waals surface area contributed by atoms with Crippen molar-refractivity contribution in [3.63, 3.8) is 0 Å². The molecule has 0 heterocycles. The summed E-state index contributed by atoms with van der Waals surface area (Å²) >= 11 is 0. The van der Waals surface area contributed by atoms with Gasteiger partial charge in [0.15, 0.2) is 5.78 Å². The second-order valence-electron chi connectivity index (χ2n) is 15.5. The lowest BCUT2D eigenvalue weighted by molar-refractivity contribution is -0.142. The molecular formula is C45H86N6O15. The molecule has 0 aliphatic rings. The lowest BCUT2D eigenvalue weighted by Gasteiger charge is -2.17. The van der Waals surface area contributed by atoms with Gasteiger partial charge in [-0.15, -0.1) is 0 Å². The van der Waals surface area contributed by atoms with Crippen molar-refractivity contribution in [2.24, 2.45) is 23.1 Å². The Kier molecular flexibility index (Phi) is 44.6. The number of nitrogens with two attached hydrogens (primary N) is 3. The van der Waals surface area contributed by atoms with Crippen LogP contribution in [0.3, 0.4) is 0 Å². The topological polar surface area (TPSA) is 311 Å². The fourth-order valence-electron chi connectivity index (χ4n) is 6.15. The van der Waals surface area contributed by atoms with Gasteiger partial charge in [-0.3, -0.25) is 24.0 Å². The van der Waals surface area contributed by atoms with Crippen LogP contribution < -0.4 is 33.2 Å². The fraction of sp³-hybridized carbons (Fsp3) is 0.867. The standard InChI is InChI=1S/C45H86N6O15/c1-2-42(54)50-39(11-4-7-17-47)41(53)13-9-20-59-24-28-63-32-33-64-29-25-60-21-14-38(52)36-37(10-3-6-16-46)44(56)49-19-23-62-27-31-66-35-34-65-30-26-61-22-15-43(55)51-40(45(57)58)12-5-8-18-48/h37,39-40H,2-36,46-48H2,1H3,(H,49,56)(H,50,54)(H,51,55)(H,57,58). The molecule has 0 bridgehead atoms. The van der Waals surface area contributed by atoms with Gasteiger partial charge in [-0.1, -0.05) is 13.3 Å². The summed E-state index contributed by atoms with van der Waals surface area (Å²) in [5, 5.41) is 17.4. The van der Waals surface area contributed by atoms with Crippen LogP contribution in [0, 0.1) is 5.92 Å². The van der Waals surface area contributed by atoms with Gasteiger partial charge >= 0.3 is 5.97 Å². The van der Waals surface area contributed by atoms with Crippen molar-refractivity contribution in [3.8, 4) is 0 Å². The Hall–Kier alpha value is -3.22. The Morgan fingerprint density at radius 3 is 1.38 bits per heavy atom. The maximum atomic E-state index is 12.9. The molecule has 0 spiro atoms. The molecule has 0 fully saturated rings. The highest BCUT2D eigenvalue weighted by Crippen LogP contribution is 2.15. The summed E-state index contributed by atoms with van der Waals surface area (Å²) < 4.78 is 44.0. The van der Waals surface area contributed by atoms with E-state index in [0.29, 0.717) is 157 Å². The van der Waals surface area contributed by atoms with E-state index in [-0.39, 0.29) is 75.0 Å². The van der Waals surface area contributed by atoms with Crippen molar-refractivity contribution in [1.82, 2.24) is 16.0 Å². The number of ether oxygens (including phenoxy) is 8. The van der Waals surface area contributed by atoms with E-state index in [9.17, 15) is 33.9 Å². The van der Waals surface area contributed by atoms with E-state index in [4.69, 9.17) is 55.1 Å². The van der Waals surface area contributed by atoms with Crippen LogP contribution >= 0.6 is 0 Å². The number of Topliss-reactive ketones (excluding diaryl/α,β-unsaturated/α-hetero) is 2. The summed E-state index contributed by atoms with van der Waals surface area (Å²) in [5.74, 6) is -2.29. The molecule has 0 aromatic heterocycles. The fourth-order valence-corrected chi connectivity index (χ4v) is 6.15. The lowest BCUT2D eigenvalue weighted by atomic mass is 9.94. The van der Waals surface area contributed by atoms with Gasteiger partial charge in [-0.05, 0) is 77.4 Å². The molecule has 0 aromatic rings. The van der Waals surface area contributed by atoms with Gasteiger partial charge in [0.1, 0.15) is 11.8 Å². The van der Waals surface area contributed by atoms with Crippen molar-refractivity contribution in [3.05, 3.63) is 0 Å². The van der Waals surface area contributed by atoms with Crippen molar-refractivity contribution < 1.29 is 71.8 Å². The molecule has 10 N–H and O–H groups in total. The van der Waals surface area contributed by atoms with Crippen LogP contribution in [-0.4, -0.2) is 184 Å². The molecule has 3 unspecified atom stereocenters. The molecule has 0 aliphatic carbocycles. The van der Waals surface area contributed by atoms with Gasteiger partial charge in [0, 0.05) is 51.2 Å². The van der Waals surface area contributed by atoms with Gasteiger partial charge in [-0.25, -0.2) is 4.79 Å². The number of rotatable bonds is 51. The molecule has 3 amide bonds. The largest absolute Gasteiger partial charge is 0.480 e. The van der Waals surface area contributed by atoms with Crippen LogP contribution in [0.5, 0.6) is 0 Å². The number of unbranched alkanes of at least 4 members (excludes halogenated alkanes) is 3. The summed E-state index contributed by atoms with van der Waals surface area (Å²) in [6.45, 7) is 8.87. The average molecular weight is 951 g/mol. The summed E-state index contributed by atoms with van der Waals surface area (Å²) in [6.07, 6.45) is 7.50. The Bertz CT molecular complexity index is 1240. The Morgan fingerprint density at radius 1 is 0.470 bits per heavy atom. The minimum atomic E-state index is -1.07. The van der Waals surface area contributed by atoms with Gasteiger partial charge in [-0.2, -0.15) is 0 Å². The minimum Gasteiger partial charge on any atom is -0.480 e. The summed E-state index contributed by atoms with van der Waals surface area (Å²) in [5.41, 5.74) is 16.6. The highest BCUT2D eigenvalue weighted by molar-refractivity contribution is 5.89. The number of nitrogens with one attached hydrogen (secondary N) is 3. The predicted octanol–water partition coefficient (Wildman–Crippen LogP) is 0.792. The first-order valence-electron chi connectivity index (χ1n) is 23.9. The van der Waals surface area contributed by atoms with E-state index in [1.54, 1.807) is 6.92 Å². The Balaban J connectivity index is 3.91. The van der Waals surface area contributed by atoms with Crippen molar-refractivity contribution >= 4 is 35.3 Å². The number of aliphatic carboxylic acids is 1. The molecule has 386 valence electrons. The van der Waals surface area contributed by atoms with E-state index in [1.165, 1.54) is 0 Å². The van der Waals surface area contributed by atoms with Gasteiger partial charge in [0.05, 0.1) is 105 Å². The number of hydrogen-bond acceptors (Lipinski definition) is 17. The number of carboxylic acid groups (broad SMARTS) is 1. The monoisotopic (exact) mass is 951 g/mol. The Labute approximate surface area is 392 Å². The number of hydrogen-bond donors (Lipinski definition) is 7. The van der Waals surface area contributed by atoms with Gasteiger partial charge < -0.3 is 76.2 Å². The molecule has 0 aliphatic heterocycles. The maximum Gasteiger partial charge on any atom is 0.326 e. The molecule has 66 heavy (non-hydrogen) atoms. The number of carbonyl (C=O) groups is 6. The molecule has 21 heteroatoms. The highest BCUT2D eigenvalue weighted by Gasteiger charge is 2.22. The van der Waals surface area contributed by atoms with Crippen molar-refractivity contribution in [2.45, 2.75) is 115 Å². The number of ketones is 2. The molecular weight excluding hydrogens is 865 g/mol. The van der Waals surface area contributed by atoms with Crippen LogP contribution in [0.25, 0.3) is 0 Å². The Morgan fingerprint density at radius 2 is 0.894 bits per heavy atom. The third-order valence-electron chi connectivity index (χ3n) is 9.91. The van der Waals surface area contributed by atoms with E-state index >= 15 is 0 Å². The zero-order valence-corrected chi connectivity index (χ0v) is 39.9. The van der Waals surface area contributed by atoms with E-state index < -0.39 is 24.0 Å². The van der Waals surface area contributed by atoms with Gasteiger partial charge in [0.2, 0.25) is 17.7 Å².